The zero-order chi connectivity index (χ0) is 16.5. The number of carboxylic acid groups (broad SMARTS) is 1. The van der Waals surface area contributed by atoms with E-state index < -0.39 is 5.97 Å². The minimum absolute atomic E-state index is 0.307. The van der Waals surface area contributed by atoms with E-state index >= 15 is 0 Å². The number of nitrogens with zero attached hydrogens (tertiary/aromatic N) is 2. The molecule has 0 spiro atoms. The van der Waals surface area contributed by atoms with Crippen molar-refractivity contribution in [3.8, 4) is 5.75 Å². The van der Waals surface area contributed by atoms with Gasteiger partial charge in [0, 0.05) is 13.1 Å². The van der Waals surface area contributed by atoms with Crippen LogP contribution in [0, 0.1) is 0 Å². The average Bonchev–Trinajstić information content (AvgIpc) is 2.46. The molecule has 0 saturated heterocycles. The second-order valence-electron chi connectivity index (χ2n) is 5.27. The fourth-order valence-electron chi connectivity index (χ4n) is 1.96. The van der Waals surface area contributed by atoms with Crippen LogP contribution in [0.15, 0.2) is 24.3 Å². The second kappa shape index (κ2) is 9.04. The maximum absolute atomic E-state index is 12.6. The van der Waals surface area contributed by atoms with Gasteiger partial charge in [-0.05, 0) is 32.6 Å². The van der Waals surface area contributed by atoms with Crippen molar-refractivity contribution in [2.24, 2.45) is 0 Å². The van der Waals surface area contributed by atoms with Crippen LogP contribution in [0.25, 0.3) is 0 Å². The molecule has 0 bridgehead atoms. The lowest BCUT2D eigenvalue weighted by Gasteiger charge is -2.21. The Bertz CT molecular complexity index is 503. The van der Waals surface area contributed by atoms with E-state index in [1.807, 2.05) is 25.9 Å². The summed E-state index contributed by atoms with van der Waals surface area (Å²) >= 11 is 0. The number of hydrogen-bond acceptors (Lipinski definition) is 4. The van der Waals surface area contributed by atoms with Gasteiger partial charge in [-0.25, -0.2) is 0 Å². The number of likely N-dealkylation sites (N-methyl/N-ethyl adjacent to an activating group) is 1. The summed E-state index contributed by atoms with van der Waals surface area (Å²) in [6.07, 6.45) is 0.697. The summed E-state index contributed by atoms with van der Waals surface area (Å²) in [5.41, 5.74) is 0.399. The number of carboxylic acids is 1. The van der Waals surface area contributed by atoms with Crippen molar-refractivity contribution in [3.63, 3.8) is 0 Å². The maximum Gasteiger partial charge on any atom is 0.323 e. The van der Waals surface area contributed by atoms with Crippen molar-refractivity contribution in [2.75, 3.05) is 40.3 Å². The fraction of sp³-hybridized carbons (Fsp3) is 0.500. The Morgan fingerprint density at radius 2 is 1.86 bits per heavy atom. The van der Waals surface area contributed by atoms with Crippen LogP contribution in [0.2, 0.25) is 0 Å². The average molecular weight is 308 g/mol. The minimum Gasteiger partial charge on any atom is -0.491 e. The molecule has 1 amide bonds. The van der Waals surface area contributed by atoms with E-state index in [4.69, 9.17) is 9.84 Å². The molecule has 0 fully saturated rings. The standard InChI is InChI=1S/C16H24N2O4/c1-4-9-18(12-15(19)20)16(21)13-7-5-6-8-14(13)22-11-10-17(2)3/h5-8H,4,9-12H2,1-3H3,(H,19,20). The molecule has 0 atom stereocenters. The summed E-state index contributed by atoms with van der Waals surface area (Å²) in [7, 11) is 3.88. The van der Waals surface area contributed by atoms with Gasteiger partial charge in [0.15, 0.2) is 0 Å². The van der Waals surface area contributed by atoms with Crippen molar-refractivity contribution in [3.05, 3.63) is 29.8 Å². The summed E-state index contributed by atoms with van der Waals surface area (Å²) in [5, 5.41) is 8.95. The molecule has 0 aliphatic heterocycles. The van der Waals surface area contributed by atoms with Gasteiger partial charge in [0.2, 0.25) is 0 Å². The van der Waals surface area contributed by atoms with Gasteiger partial charge in [0.25, 0.3) is 5.91 Å². The summed E-state index contributed by atoms with van der Waals surface area (Å²) in [5.74, 6) is -0.849. The highest BCUT2D eigenvalue weighted by molar-refractivity contribution is 5.98. The highest BCUT2D eigenvalue weighted by Crippen LogP contribution is 2.20. The number of rotatable bonds is 9. The summed E-state index contributed by atoms with van der Waals surface area (Å²) in [6.45, 7) is 3.19. The van der Waals surface area contributed by atoms with Crippen molar-refractivity contribution < 1.29 is 19.4 Å². The van der Waals surface area contributed by atoms with Gasteiger partial charge in [-0.15, -0.1) is 0 Å². The largest absolute Gasteiger partial charge is 0.491 e. The van der Waals surface area contributed by atoms with E-state index in [2.05, 4.69) is 0 Å². The van der Waals surface area contributed by atoms with Crippen molar-refractivity contribution in [1.29, 1.82) is 0 Å². The normalized spacial score (nSPS) is 10.5. The predicted octanol–water partition coefficient (Wildman–Crippen LogP) is 1.56. The highest BCUT2D eigenvalue weighted by atomic mass is 16.5. The third-order valence-corrected chi connectivity index (χ3v) is 3.02. The number of aliphatic carboxylic acids is 1. The molecule has 0 aromatic heterocycles. The van der Waals surface area contributed by atoms with Gasteiger partial charge in [-0.1, -0.05) is 19.1 Å². The SMILES string of the molecule is CCCN(CC(=O)O)C(=O)c1ccccc1OCCN(C)C. The molecule has 0 radical (unpaired) electrons. The number of ether oxygens (including phenoxy) is 1. The molecule has 0 heterocycles. The first-order valence-electron chi connectivity index (χ1n) is 7.33. The fourth-order valence-corrected chi connectivity index (χ4v) is 1.96. The van der Waals surface area contributed by atoms with E-state index in [1.54, 1.807) is 24.3 Å². The van der Waals surface area contributed by atoms with Gasteiger partial charge < -0.3 is 19.6 Å². The lowest BCUT2D eigenvalue weighted by Crippen LogP contribution is -2.36. The van der Waals surface area contributed by atoms with E-state index in [0.717, 1.165) is 6.54 Å². The smallest absolute Gasteiger partial charge is 0.323 e. The summed E-state index contributed by atoms with van der Waals surface area (Å²) < 4.78 is 5.67. The molecule has 0 unspecified atom stereocenters. The Labute approximate surface area is 131 Å². The Kier molecular flexibility index (Phi) is 7.39. The van der Waals surface area contributed by atoms with Crippen LogP contribution >= 0.6 is 0 Å². The molecule has 0 aliphatic carbocycles. The third-order valence-electron chi connectivity index (χ3n) is 3.02. The Balaban J connectivity index is 2.88. The highest BCUT2D eigenvalue weighted by Gasteiger charge is 2.20. The first kappa shape index (κ1) is 18.0. The lowest BCUT2D eigenvalue weighted by molar-refractivity contribution is -0.137. The van der Waals surface area contributed by atoms with Crippen LogP contribution in [0.3, 0.4) is 0 Å². The molecule has 6 nitrogen and oxygen atoms in total. The van der Waals surface area contributed by atoms with Crippen LogP contribution in [0.1, 0.15) is 23.7 Å². The molecule has 122 valence electrons. The van der Waals surface area contributed by atoms with Crippen LogP contribution in [0.5, 0.6) is 5.75 Å². The number of carbonyl (C=O) groups is 2. The monoisotopic (exact) mass is 308 g/mol. The number of para-hydroxylation sites is 1. The predicted molar refractivity (Wildman–Crippen MR) is 84.3 cm³/mol. The van der Waals surface area contributed by atoms with Crippen LogP contribution in [-0.2, 0) is 4.79 Å². The molecular formula is C16H24N2O4. The molecule has 1 rings (SSSR count). The van der Waals surface area contributed by atoms with Gasteiger partial charge in [-0.2, -0.15) is 0 Å². The van der Waals surface area contributed by atoms with Crippen LogP contribution < -0.4 is 4.74 Å². The van der Waals surface area contributed by atoms with Crippen LogP contribution in [0.4, 0.5) is 0 Å². The second-order valence-corrected chi connectivity index (χ2v) is 5.27. The molecule has 22 heavy (non-hydrogen) atoms. The Morgan fingerprint density at radius 1 is 1.18 bits per heavy atom. The number of amides is 1. The first-order valence-corrected chi connectivity index (χ1v) is 7.33. The van der Waals surface area contributed by atoms with E-state index in [1.165, 1.54) is 4.90 Å². The van der Waals surface area contributed by atoms with Gasteiger partial charge in [-0.3, -0.25) is 9.59 Å². The molecule has 1 N–H and O–H groups in total. The number of benzene rings is 1. The van der Waals surface area contributed by atoms with Gasteiger partial charge in [0.1, 0.15) is 18.9 Å². The molecular weight excluding hydrogens is 284 g/mol. The Hall–Kier alpha value is -2.08. The Morgan fingerprint density at radius 3 is 2.45 bits per heavy atom. The molecule has 1 aromatic carbocycles. The lowest BCUT2D eigenvalue weighted by atomic mass is 10.1. The van der Waals surface area contributed by atoms with Gasteiger partial charge in [0.05, 0.1) is 5.56 Å². The van der Waals surface area contributed by atoms with Crippen molar-refractivity contribution >= 4 is 11.9 Å². The summed E-state index contributed by atoms with van der Waals surface area (Å²) in [6, 6.07) is 6.94. The topological polar surface area (TPSA) is 70.1 Å². The number of hydrogen-bond donors (Lipinski definition) is 1. The van der Waals surface area contributed by atoms with Crippen molar-refractivity contribution in [2.45, 2.75) is 13.3 Å². The molecule has 0 aliphatic rings. The summed E-state index contributed by atoms with van der Waals surface area (Å²) in [4.78, 5) is 26.8. The zero-order valence-electron chi connectivity index (χ0n) is 13.4. The minimum atomic E-state index is -1.02. The van der Waals surface area contributed by atoms with E-state index in [0.29, 0.717) is 30.9 Å². The molecule has 0 saturated carbocycles. The zero-order valence-corrected chi connectivity index (χ0v) is 13.4. The van der Waals surface area contributed by atoms with E-state index in [-0.39, 0.29) is 12.5 Å². The van der Waals surface area contributed by atoms with Crippen molar-refractivity contribution in [1.82, 2.24) is 9.80 Å². The first-order chi connectivity index (χ1) is 10.5. The van der Waals surface area contributed by atoms with Crippen LogP contribution in [-0.4, -0.2) is 67.1 Å². The van der Waals surface area contributed by atoms with E-state index in [9.17, 15) is 9.59 Å². The molecule has 6 heteroatoms. The molecule has 1 aromatic rings. The quantitative estimate of drug-likeness (QED) is 0.750. The maximum atomic E-state index is 12.6. The van der Waals surface area contributed by atoms with Gasteiger partial charge >= 0.3 is 5.97 Å². The number of carbonyl (C=O) groups excluding carboxylic acids is 1. The third kappa shape index (κ3) is 5.73.